The van der Waals surface area contributed by atoms with Crippen molar-refractivity contribution in [2.45, 2.75) is 51.1 Å². The fourth-order valence-electron chi connectivity index (χ4n) is 5.67. The summed E-state index contributed by atoms with van der Waals surface area (Å²) in [4.78, 5) is 31.3. The standard InChI is InChI=1S/C28H26ClFN6O2/c1-14-25(30)24(11-32-26(14)35-12-18-7-23(18)28(35)38)15(2)36-13-19(10-33-36)27(37)34-21-5-17(6-21)22-8-20(29)4-3-16(22)9-31/h3-4,8,10-11,13,15,17-18,21,23H,5-7,12H2,1-2H3,(H,34,37)/t15?,17-,18-,21+,23-/m1/s1. The Hall–Kier alpha value is -3.77. The maximum Gasteiger partial charge on any atom is 0.254 e. The molecular weight excluding hydrogens is 507 g/mol. The summed E-state index contributed by atoms with van der Waals surface area (Å²) < 4.78 is 16.9. The molecule has 1 aromatic carbocycles. The number of hydrogen-bond acceptors (Lipinski definition) is 5. The Morgan fingerprint density at radius 3 is 2.79 bits per heavy atom. The van der Waals surface area contributed by atoms with E-state index in [4.69, 9.17) is 11.6 Å². The number of hydrogen-bond donors (Lipinski definition) is 1. The molecule has 3 heterocycles. The zero-order valence-electron chi connectivity index (χ0n) is 21.0. The minimum Gasteiger partial charge on any atom is -0.349 e. The minimum absolute atomic E-state index is 0.0185. The summed E-state index contributed by atoms with van der Waals surface area (Å²) in [6, 6.07) is 6.93. The van der Waals surface area contributed by atoms with Crippen LogP contribution < -0.4 is 10.2 Å². The van der Waals surface area contributed by atoms with Crippen LogP contribution in [0.1, 0.15) is 70.8 Å². The van der Waals surface area contributed by atoms with Gasteiger partial charge in [0.1, 0.15) is 11.6 Å². The predicted octanol–water partition coefficient (Wildman–Crippen LogP) is 4.52. The smallest absolute Gasteiger partial charge is 0.254 e. The van der Waals surface area contributed by atoms with E-state index >= 15 is 4.39 Å². The van der Waals surface area contributed by atoms with Gasteiger partial charge in [0, 0.05) is 47.0 Å². The van der Waals surface area contributed by atoms with Crippen LogP contribution >= 0.6 is 11.6 Å². The third-order valence-corrected chi connectivity index (χ3v) is 8.42. The van der Waals surface area contributed by atoms with Crippen molar-refractivity contribution in [1.82, 2.24) is 20.1 Å². The summed E-state index contributed by atoms with van der Waals surface area (Å²) in [7, 11) is 0. The number of anilines is 1. The van der Waals surface area contributed by atoms with E-state index < -0.39 is 11.9 Å². The number of nitrogens with one attached hydrogen (secondary N) is 1. The summed E-state index contributed by atoms with van der Waals surface area (Å²) in [5, 5.41) is 17.3. The van der Waals surface area contributed by atoms with E-state index in [-0.39, 0.29) is 29.7 Å². The zero-order chi connectivity index (χ0) is 26.7. The van der Waals surface area contributed by atoms with E-state index in [1.165, 1.54) is 12.4 Å². The highest BCUT2D eigenvalue weighted by Crippen LogP contribution is 2.47. The average Bonchev–Trinajstić information content (AvgIpc) is 3.33. The predicted molar refractivity (Wildman–Crippen MR) is 138 cm³/mol. The maximum atomic E-state index is 15.4. The van der Waals surface area contributed by atoms with Crippen LogP contribution in [0, 0.1) is 35.9 Å². The number of halogens is 2. The van der Waals surface area contributed by atoms with Crippen LogP contribution in [0.5, 0.6) is 0 Å². The molecule has 3 atom stereocenters. The van der Waals surface area contributed by atoms with Crippen molar-refractivity contribution in [2.24, 2.45) is 11.8 Å². The van der Waals surface area contributed by atoms with Gasteiger partial charge in [0.2, 0.25) is 5.91 Å². The lowest BCUT2D eigenvalue weighted by molar-refractivity contribution is -0.118. The van der Waals surface area contributed by atoms with Gasteiger partial charge < -0.3 is 5.32 Å². The third-order valence-electron chi connectivity index (χ3n) is 8.18. The van der Waals surface area contributed by atoms with Gasteiger partial charge in [-0.2, -0.15) is 10.4 Å². The Labute approximate surface area is 224 Å². The lowest BCUT2D eigenvalue weighted by Gasteiger charge is -2.36. The first kappa shape index (κ1) is 24.6. The van der Waals surface area contributed by atoms with Gasteiger partial charge in [-0.15, -0.1) is 0 Å². The molecule has 8 nitrogen and oxygen atoms in total. The molecule has 1 aliphatic heterocycles. The summed E-state index contributed by atoms with van der Waals surface area (Å²) in [6.07, 6.45) is 6.88. The Balaban J connectivity index is 1.11. The number of nitriles is 1. The van der Waals surface area contributed by atoms with Crippen LogP contribution in [0.4, 0.5) is 10.2 Å². The van der Waals surface area contributed by atoms with Crippen LogP contribution in [0.25, 0.3) is 0 Å². The first-order valence-corrected chi connectivity index (χ1v) is 13.1. The number of fused-ring (bicyclic) bond motifs is 1. The molecule has 0 spiro atoms. The molecule has 2 amide bonds. The first-order valence-electron chi connectivity index (χ1n) is 12.8. The highest BCUT2D eigenvalue weighted by atomic mass is 35.5. The highest BCUT2D eigenvalue weighted by Gasteiger charge is 2.53. The molecule has 2 saturated carbocycles. The fourth-order valence-corrected chi connectivity index (χ4v) is 5.85. The largest absolute Gasteiger partial charge is 0.349 e. The van der Waals surface area contributed by atoms with E-state index in [0.29, 0.717) is 45.6 Å². The van der Waals surface area contributed by atoms with E-state index in [9.17, 15) is 14.9 Å². The van der Waals surface area contributed by atoms with Crippen molar-refractivity contribution in [3.05, 3.63) is 75.4 Å². The molecule has 3 aromatic rings. The molecule has 2 aliphatic carbocycles. The van der Waals surface area contributed by atoms with E-state index in [1.54, 1.807) is 41.8 Å². The Morgan fingerprint density at radius 2 is 2.08 bits per heavy atom. The van der Waals surface area contributed by atoms with Gasteiger partial charge >= 0.3 is 0 Å². The maximum absolute atomic E-state index is 15.4. The molecular formula is C28H26ClFN6O2. The highest BCUT2D eigenvalue weighted by molar-refractivity contribution is 6.30. The van der Waals surface area contributed by atoms with Gasteiger partial charge in [-0.25, -0.2) is 9.37 Å². The van der Waals surface area contributed by atoms with Crippen molar-refractivity contribution in [2.75, 3.05) is 11.4 Å². The lowest BCUT2D eigenvalue weighted by Crippen LogP contribution is -2.43. The summed E-state index contributed by atoms with van der Waals surface area (Å²) in [5.74, 6) is 0.352. The quantitative estimate of drug-likeness (QED) is 0.502. The number of aromatic nitrogens is 3. The number of amides is 2. The van der Waals surface area contributed by atoms with Gasteiger partial charge in [-0.3, -0.25) is 19.2 Å². The molecule has 1 N–H and O–H groups in total. The number of carbonyl (C=O) groups excluding carboxylic acids is 2. The molecule has 1 saturated heterocycles. The van der Waals surface area contributed by atoms with Gasteiger partial charge in [-0.05, 0) is 68.7 Å². The Morgan fingerprint density at radius 1 is 1.29 bits per heavy atom. The normalized spacial score (nSPS) is 24.4. The van der Waals surface area contributed by atoms with Crippen LogP contribution in [-0.2, 0) is 4.79 Å². The summed E-state index contributed by atoms with van der Waals surface area (Å²) in [5.41, 5.74) is 2.58. The first-order chi connectivity index (χ1) is 18.2. The second-order valence-electron chi connectivity index (χ2n) is 10.6. The number of pyridine rings is 1. The summed E-state index contributed by atoms with van der Waals surface area (Å²) in [6.45, 7) is 4.03. The number of nitrogens with zero attached hydrogens (tertiary/aromatic N) is 5. The second kappa shape index (κ2) is 9.21. The van der Waals surface area contributed by atoms with Gasteiger partial charge in [0.05, 0.1) is 29.4 Å². The van der Waals surface area contributed by atoms with Crippen LogP contribution in [0.3, 0.4) is 0 Å². The van der Waals surface area contributed by atoms with Crippen LogP contribution in [0.15, 0.2) is 36.8 Å². The lowest BCUT2D eigenvalue weighted by atomic mass is 9.74. The van der Waals surface area contributed by atoms with E-state index in [1.807, 2.05) is 6.07 Å². The van der Waals surface area contributed by atoms with E-state index in [0.717, 1.165) is 24.8 Å². The number of piperidine rings is 1. The summed E-state index contributed by atoms with van der Waals surface area (Å²) >= 11 is 6.11. The van der Waals surface area contributed by atoms with Gasteiger partial charge in [0.15, 0.2) is 0 Å². The van der Waals surface area contributed by atoms with Gasteiger partial charge in [-0.1, -0.05) is 11.6 Å². The zero-order valence-corrected chi connectivity index (χ0v) is 21.7. The third kappa shape index (κ3) is 4.13. The van der Waals surface area contributed by atoms with Crippen LogP contribution in [0.2, 0.25) is 5.02 Å². The topological polar surface area (TPSA) is 104 Å². The molecule has 38 heavy (non-hydrogen) atoms. The van der Waals surface area contributed by atoms with Crippen molar-refractivity contribution < 1.29 is 14.0 Å². The van der Waals surface area contributed by atoms with E-state index in [2.05, 4.69) is 21.5 Å². The fraction of sp³-hybridized carbons (Fsp3) is 0.393. The number of carbonyl (C=O) groups is 2. The molecule has 0 bridgehead atoms. The molecule has 3 aliphatic rings. The molecule has 3 fully saturated rings. The van der Waals surface area contributed by atoms with Crippen molar-refractivity contribution >= 4 is 29.2 Å². The molecule has 194 valence electrons. The molecule has 6 rings (SSSR count). The SMILES string of the molecule is Cc1c(N2C[C@H]3C[C@H]3C2=O)ncc(C(C)n2cc(C(=O)N[C@H]3C[C@@H](c4cc(Cl)ccc4C#N)C3)cn2)c1F. The second-order valence-corrected chi connectivity index (χ2v) is 11.0. The van der Waals surface area contributed by atoms with Crippen molar-refractivity contribution in [3.8, 4) is 6.07 Å². The molecule has 1 unspecified atom stereocenters. The number of benzene rings is 1. The monoisotopic (exact) mass is 532 g/mol. The average molecular weight is 533 g/mol. The molecule has 2 aromatic heterocycles. The van der Waals surface area contributed by atoms with Gasteiger partial charge in [0.25, 0.3) is 5.91 Å². The number of rotatable bonds is 6. The van der Waals surface area contributed by atoms with Crippen molar-refractivity contribution in [1.29, 1.82) is 5.26 Å². The molecule has 10 heteroatoms. The van der Waals surface area contributed by atoms with Crippen LogP contribution in [-0.4, -0.2) is 39.2 Å². The minimum atomic E-state index is -0.500. The Bertz CT molecular complexity index is 1510. The molecule has 0 radical (unpaired) electrons. The van der Waals surface area contributed by atoms with Crippen molar-refractivity contribution in [3.63, 3.8) is 0 Å². The Kier molecular flexibility index (Phi) is 5.95.